The number of hydrogen-bond acceptors (Lipinski definition) is 21. The fourth-order valence-corrected chi connectivity index (χ4v) is 6.31. The van der Waals surface area contributed by atoms with E-state index in [4.69, 9.17) is 38.3 Å². The quantitative estimate of drug-likeness (QED) is 0.0423. The van der Waals surface area contributed by atoms with Crippen LogP contribution in [0.25, 0.3) is 12.2 Å². The van der Waals surface area contributed by atoms with Gasteiger partial charge in [0.05, 0.1) is 5.56 Å². The van der Waals surface area contributed by atoms with Gasteiger partial charge in [-0.25, -0.2) is 4.79 Å². The van der Waals surface area contributed by atoms with Gasteiger partial charge in [-0.3, -0.25) is 9.59 Å². The van der Waals surface area contributed by atoms with Gasteiger partial charge in [-0.15, -0.1) is 0 Å². The van der Waals surface area contributed by atoms with E-state index in [0.717, 1.165) is 30.3 Å². The van der Waals surface area contributed by atoms with Crippen LogP contribution < -0.4 is 9.47 Å². The number of fused-ring (bicyclic) bond motifs is 1. The highest BCUT2D eigenvalue weighted by Crippen LogP contribution is 2.48. The molecule has 328 valence electrons. The lowest BCUT2D eigenvalue weighted by atomic mass is 9.98. The van der Waals surface area contributed by atoms with E-state index in [1.54, 1.807) is 0 Å². The van der Waals surface area contributed by atoms with Gasteiger partial charge in [-0.1, -0.05) is 12.1 Å². The molecule has 2 saturated heterocycles. The second-order valence-corrected chi connectivity index (χ2v) is 13.9. The van der Waals surface area contributed by atoms with Crippen molar-refractivity contribution in [3.05, 3.63) is 77.1 Å². The summed E-state index contributed by atoms with van der Waals surface area (Å²) in [4.78, 5) is 35.2. The first-order chi connectivity index (χ1) is 28.9. The van der Waals surface area contributed by atoms with E-state index < -0.39 is 128 Å². The van der Waals surface area contributed by atoms with E-state index in [0.29, 0.717) is 5.56 Å². The average Bonchev–Trinajstić information content (AvgIpc) is 3.21. The predicted octanol–water partition coefficient (Wildman–Crippen LogP) is -1.03. The Morgan fingerprint density at radius 3 is 1.84 bits per heavy atom. The summed E-state index contributed by atoms with van der Waals surface area (Å²) >= 11 is 0. The van der Waals surface area contributed by atoms with Crippen molar-refractivity contribution < 1.29 is 109 Å². The molecule has 3 aliphatic heterocycles. The molecule has 0 saturated carbocycles. The standard InChI is InChI=1S/C39H40O22/c40-17-4-1-15(2-5-17)3-6-28(46)55-13-25-31(49)34(52)36(54)39(61-25)59-24-11-19-22(57-37(24)16-7-20(42)30(48)21(43)8-16)9-18(41)10-23(19)58-38-35(53)33(51)32(50)26(60-38)14-56-29(47)12-27(44)45/h1-11,25-26,31-43,48-54H,12-14H2,(H,44,45). The third-order valence-corrected chi connectivity index (χ3v) is 9.50. The SMILES string of the molecule is O=C(O)CC(=O)OCC1OC(Oc2cc(O)cc3c2C=C(OC2OC(COC(=O)C=Cc4ccc(O)cc4)C(O)C(O)C2O)C(c2cc(O)c(O)c(O)c2)O3)C(O)C(O)C1O. The third-order valence-electron chi connectivity index (χ3n) is 9.50. The maximum absolute atomic E-state index is 12.5. The van der Waals surface area contributed by atoms with Gasteiger partial charge in [0.25, 0.3) is 0 Å². The second kappa shape index (κ2) is 18.5. The largest absolute Gasteiger partial charge is 0.508 e. The lowest BCUT2D eigenvalue weighted by Crippen LogP contribution is -2.60. The summed E-state index contributed by atoms with van der Waals surface area (Å²) in [5, 5.41) is 124. The number of carboxylic acids is 1. The van der Waals surface area contributed by atoms with Crippen molar-refractivity contribution in [3.63, 3.8) is 0 Å². The molecule has 0 spiro atoms. The summed E-state index contributed by atoms with van der Waals surface area (Å²) in [6, 6.07) is 9.84. The number of phenols is 5. The Kier molecular flexibility index (Phi) is 13.4. The molecule has 0 amide bonds. The highest BCUT2D eigenvalue weighted by atomic mass is 16.7. The summed E-state index contributed by atoms with van der Waals surface area (Å²) < 4.78 is 39.2. The van der Waals surface area contributed by atoms with Crippen LogP contribution >= 0.6 is 0 Å². The van der Waals surface area contributed by atoms with Crippen LogP contribution in [-0.4, -0.2) is 154 Å². The number of aliphatic hydroxyl groups excluding tert-OH is 6. The minimum Gasteiger partial charge on any atom is -0.508 e. The van der Waals surface area contributed by atoms with Crippen molar-refractivity contribution in [1.82, 2.24) is 0 Å². The smallest absolute Gasteiger partial charge is 0.330 e. The van der Waals surface area contributed by atoms with Crippen molar-refractivity contribution in [2.75, 3.05) is 13.2 Å². The highest BCUT2D eigenvalue weighted by molar-refractivity contribution is 5.90. The number of ether oxygens (including phenoxy) is 7. The lowest BCUT2D eigenvalue weighted by molar-refractivity contribution is -0.294. The predicted molar refractivity (Wildman–Crippen MR) is 197 cm³/mol. The van der Waals surface area contributed by atoms with Gasteiger partial charge < -0.3 is 94.4 Å². The van der Waals surface area contributed by atoms with E-state index >= 15 is 0 Å². The molecule has 22 nitrogen and oxygen atoms in total. The maximum Gasteiger partial charge on any atom is 0.330 e. The minimum absolute atomic E-state index is 0.00382. The zero-order valence-corrected chi connectivity index (χ0v) is 31.3. The van der Waals surface area contributed by atoms with E-state index in [1.807, 2.05) is 0 Å². The van der Waals surface area contributed by atoms with Crippen LogP contribution in [0.1, 0.15) is 29.2 Å². The number of aliphatic carboxylic acids is 1. The number of rotatable bonds is 13. The van der Waals surface area contributed by atoms with Gasteiger partial charge in [0.2, 0.25) is 12.6 Å². The van der Waals surface area contributed by atoms with Crippen LogP contribution in [0.3, 0.4) is 0 Å². The Morgan fingerprint density at radius 1 is 0.672 bits per heavy atom. The molecule has 3 heterocycles. The molecule has 0 aromatic heterocycles. The van der Waals surface area contributed by atoms with Crippen LogP contribution in [0.4, 0.5) is 0 Å². The molecule has 11 atom stereocenters. The molecule has 0 radical (unpaired) electrons. The topological polar surface area (TPSA) is 359 Å². The Morgan fingerprint density at radius 2 is 1.25 bits per heavy atom. The summed E-state index contributed by atoms with van der Waals surface area (Å²) in [5.41, 5.74) is 0.304. The first-order valence-electron chi connectivity index (χ1n) is 18.1. The molecule has 0 aliphatic carbocycles. The molecule has 0 bridgehead atoms. The Bertz CT molecular complexity index is 2130. The molecule has 3 aromatic rings. The summed E-state index contributed by atoms with van der Waals surface area (Å²) in [6.45, 7) is -1.46. The summed E-state index contributed by atoms with van der Waals surface area (Å²) in [7, 11) is 0. The first-order valence-corrected chi connectivity index (χ1v) is 18.1. The van der Waals surface area contributed by atoms with E-state index in [-0.39, 0.29) is 34.1 Å². The number of esters is 2. The fraction of sp³-hybridized carbons (Fsp3) is 0.359. The third kappa shape index (κ3) is 10.2. The molecule has 11 unspecified atom stereocenters. The van der Waals surface area contributed by atoms with Crippen LogP contribution in [0.2, 0.25) is 0 Å². The Hall–Kier alpha value is -6.37. The molecule has 22 heteroatoms. The average molecular weight is 861 g/mol. The minimum atomic E-state index is -2.00. The van der Waals surface area contributed by atoms with Gasteiger partial charge in [-0.2, -0.15) is 0 Å². The van der Waals surface area contributed by atoms with Crippen LogP contribution in [0.5, 0.6) is 40.2 Å². The number of carbonyl (C=O) groups excluding carboxylic acids is 2. The number of carboxylic acid groups (broad SMARTS) is 1. The normalized spacial score (nSPS) is 28.5. The molecule has 3 aliphatic rings. The Balaban J connectivity index is 1.28. The van der Waals surface area contributed by atoms with Gasteiger partial charge in [0.1, 0.15) is 97.2 Å². The van der Waals surface area contributed by atoms with Gasteiger partial charge in [0.15, 0.2) is 23.4 Å². The van der Waals surface area contributed by atoms with Crippen molar-refractivity contribution in [1.29, 1.82) is 0 Å². The fourth-order valence-electron chi connectivity index (χ4n) is 6.31. The first kappa shape index (κ1) is 44.2. The molecular formula is C39H40O22. The molecule has 6 rings (SSSR count). The number of carbonyl (C=O) groups is 3. The highest BCUT2D eigenvalue weighted by Gasteiger charge is 2.48. The number of aliphatic hydroxyl groups is 6. The van der Waals surface area contributed by atoms with E-state index in [9.17, 15) is 70.6 Å². The van der Waals surface area contributed by atoms with Crippen LogP contribution in [-0.2, 0) is 38.1 Å². The number of aromatic hydroxyl groups is 5. The van der Waals surface area contributed by atoms with Crippen molar-refractivity contribution >= 4 is 30.1 Å². The maximum atomic E-state index is 12.5. The van der Waals surface area contributed by atoms with Gasteiger partial charge >= 0.3 is 17.9 Å². The molecule has 3 aromatic carbocycles. The number of phenolic OH excluding ortho intramolecular Hbond substituents is 5. The van der Waals surface area contributed by atoms with E-state index in [2.05, 4.69) is 0 Å². The van der Waals surface area contributed by atoms with E-state index in [1.165, 1.54) is 36.4 Å². The van der Waals surface area contributed by atoms with Crippen molar-refractivity contribution in [2.24, 2.45) is 0 Å². The zero-order valence-electron chi connectivity index (χ0n) is 31.3. The molecule has 61 heavy (non-hydrogen) atoms. The van der Waals surface area contributed by atoms with Crippen molar-refractivity contribution in [2.45, 2.75) is 73.9 Å². The lowest BCUT2D eigenvalue weighted by Gasteiger charge is -2.41. The summed E-state index contributed by atoms with van der Waals surface area (Å²) in [6.07, 6.45) is -17.5. The monoisotopic (exact) mass is 860 g/mol. The second-order valence-electron chi connectivity index (χ2n) is 13.9. The zero-order chi connectivity index (χ0) is 44.3. The molecule has 12 N–H and O–H groups in total. The summed E-state index contributed by atoms with van der Waals surface area (Å²) in [5.74, 6) is -7.60. The molecular weight excluding hydrogens is 820 g/mol. The van der Waals surface area contributed by atoms with Crippen LogP contribution in [0, 0.1) is 0 Å². The van der Waals surface area contributed by atoms with Crippen LogP contribution in [0.15, 0.2) is 60.4 Å². The molecule has 2 fully saturated rings. The van der Waals surface area contributed by atoms with Gasteiger partial charge in [-0.05, 0) is 42.0 Å². The Labute approximate surface area is 343 Å². The number of benzene rings is 3. The van der Waals surface area contributed by atoms with Gasteiger partial charge in [0, 0.05) is 23.8 Å². The van der Waals surface area contributed by atoms with Crippen molar-refractivity contribution in [3.8, 4) is 40.2 Å². The number of hydrogen-bond donors (Lipinski definition) is 12.